The molecular formula is C15H28IN3. The van der Waals surface area contributed by atoms with Crippen molar-refractivity contribution in [2.24, 2.45) is 22.7 Å². The summed E-state index contributed by atoms with van der Waals surface area (Å²) in [5, 5.41) is 3.49. The molecule has 2 atom stereocenters. The van der Waals surface area contributed by atoms with Crippen molar-refractivity contribution in [3.05, 3.63) is 0 Å². The first kappa shape index (κ1) is 15.4. The second-order valence-electron chi connectivity index (χ2n) is 6.35. The number of aliphatic imine (C=N–C) groups is 1. The van der Waals surface area contributed by atoms with Gasteiger partial charge in [0.15, 0.2) is 5.96 Å². The predicted octanol–water partition coefficient (Wildman–Crippen LogP) is 3.10. The van der Waals surface area contributed by atoms with Crippen LogP contribution in [0.5, 0.6) is 0 Å². The molecule has 3 nitrogen and oxygen atoms in total. The molecule has 1 heterocycles. The maximum absolute atomic E-state index is 4.85. The summed E-state index contributed by atoms with van der Waals surface area (Å²) in [5.74, 6) is 3.98. The Morgan fingerprint density at radius 3 is 2.26 bits per heavy atom. The van der Waals surface area contributed by atoms with E-state index in [1.54, 1.807) is 0 Å². The predicted molar refractivity (Wildman–Crippen MR) is 91.1 cm³/mol. The van der Waals surface area contributed by atoms with Crippen molar-refractivity contribution < 1.29 is 0 Å². The maximum Gasteiger partial charge on any atom is 0.193 e. The summed E-state index contributed by atoms with van der Waals surface area (Å²) < 4.78 is 0. The third kappa shape index (κ3) is 3.99. The van der Waals surface area contributed by atoms with E-state index in [4.69, 9.17) is 4.99 Å². The van der Waals surface area contributed by atoms with Gasteiger partial charge in [-0.3, -0.25) is 4.99 Å². The zero-order chi connectivity index (χ0) is 12.4. The lowest BCUT2D eigenvalue weighted by Crippen LogP contribution is -2.40. The Morgan fingerprint density at radius 1 is 1.11 bits per heavy atom. The minimum Gasteiger partial charge on any atom is -0.357 e. The molecule has 0 bridgehead atoms. The quantitative estimate of drug-likeness (QED) is 0.465. The van der Waals surface area contributed by atoms with Crippen LogP contribution in [-0.4, -0.2) is 37.0 Å². The van der Waals surface area contributed by atoms with Gasteiger partial charge in [-0.1, -0.05) is 12.8 Å². The van der Waals surface area contributed by atoms with Crippen LogP contribution in [0.1, 0.15) is 45.4 Å². The van der Waals surface area contributed by atoms with Crippen LogP contribution in [0.4, 0.5) is 0 Å². The molecule has 110 valence electrons. The average molecular weight is 377 g/mol. The zero-order valence-electron chi connectivity index (χ0n) is 12.1. The fourth-order valence-electron chi connectivity index (χ4n) is 3.52. The Labute approximate surface area is 134 Å². The molecule has 2 aliphatic carbocycles. The zero-order valence-corrected chi connectivity index (χ0v) is 14.4. The molecule has 4 heteroatoms. The number of guanidine groups is 1. The minimum atomic E-state index is 0. The first-order valence-electron chi connectivity index (χ1n) is 7.90. The molecule has 19 heavy (non-hydrogen) atoms. The SMILES string of the molecule is CCNC(=NCC1CC1)N1CC2CCCCC2C1.I. The van der Waals surface area contributed by atoms with Crippen LogP contribution in [0, 0.1) is 17.8 Å². The Kier molecular flexibility index (Phi) is 5.78. The molecule has 0 aromatic heterocycles. The number of halogens is 1. The van der Waals surface area contributed by atoms with Crippen LogP contribution < -0.4 is 5.32 Å². The molecule has 2 unspecified atom stereocenters. The van der Waals surface area contributed by atoms with Gasteiger partial charge in [0.2, 0.25) is 0 Å². The highest BCUT2D eigenvalue weighted by Crippen LogP contribution is 2.36. The van der Waals surface area contributed by atoms with E-state index in [2.05, 4.69) is 17.1 Å². The van der Waals surface area contributed by atoms with Crippen molar-refractivity contribution >= 4 is 29.9 Å². The first-order chi connectivity index (χ1) is 8.86. The Balaban J connectivity index is 0.00000133. The van der Waals surface area contributed by atoms with E-state index in [9.17, 15) is 0 Å². The number of nitrogens with zero attached hydrogens (tertiary/aromatic N) is 2. The van der Waals surface area contributed by atoms with Crippen molar-refractivity contribution in [1.82, 2.24) is 10.2 Å². The van der Waals surface area contributed by atoms with Crippen molar-refractivity contribution in [3.8, 4) is 0 Å². The molecule has 2 saturated carbocycles. The standard InChI is InChI=1S/C15H27N3.HI/c1-2-16-15(17-9-12-7-8-12)18-10-13-5-3-4-6-14(13)11-18;/h12-14H,2-11H2,1H3,(H,16,17);1H. The van der Waals surface area contributed by atoms with Gasteiger partial charge in [-0.15, -0.1) is 24.0 Å². The topological polar surface area (TPSA) is 27.6 Å². The monoisotopic (exact) mass is 377 g/mol. The van der Waals surface area contributed by atoms with Crippen molar-refractivity contribution in [1.29, 1.82) is 0 Å². The fraction of sp³-hybridized carbons (Fsp3) is 0.933. The van der Waals surface area contributed by atoms with Gasteiger partial charge >= 0.3 is 0 Å². The molecule has 0 aromatic carbocycles. The summed E-state index contributed by atoms with van der Waals surface area (Å²) in [6, 6.07) is 0. The van der Waals surface area contributed by atoms with Gasteiger partial charge in [0.05, 0.1) is 0 Å². The number of hydrogen-bond acceptors (Lipinski definition) is 1. The summed E-state index contributed by atoms with van der Waals surface area (Å²) in [6.07, 6.45) is 8.59. The summed E-state index contributed by atoms with van der Waals surface area (Å²) in [6.45, 7) is 6.72. The molecular weight excluding hydrogens is 349 g/mol. The van der Waals surface area contributed by atoms with Crippen molar-refractivity contribution in [2.45, 2.75) is 45.4 Å². The Bertz CT molecular complexity index is 301. The van der Waals surface area contributed by atoms with Crippen LogP contribution in [0.2, 0.25) is 0 Å². The summed E-state index contributed by atoms with van der Waals surface area (Å²) in [5.41, 5.74) is 0. The van der Waals surface area contributed by atoms with Gasteiger partial charge in [0.1, 0.15) is 0 Å². The second kappa shape index (κ2) is 7.14. The smallest absolute Gasteiger partial charge is 0.193 e. The van der Waals surface area contributed by atoms with Crippen molar-refractivity contribution in [3.63, 3.8) is 0 Å². The van der Waals surface area contributed by atoms with E-state index in [0.29, 0.717) is 0 Å². The highest BCUT2D eigenvalue weighted by atomic mass is 127. The lowest BCUT2D eigenvalue weighted by molar-refractivity contribution is 0.299. The molecule has 3 fully saturated rings. The van der Waals surface area contributed by atoms with Gasteiger partial charge in [-0.05, 0) is 50.4 Å². The molecule has 1 aliphatic heterocycles. The molecule has 1 N–H and O–H groups in total. The van der Waals surface area contributed by atoms with Crippen LogP contribution in [0.3, 0.4) is 0 Å². The largest absolute Gasteiger partial charge is 0.357 e. The van der Waals surface area contributed by atoms with Gasteiger partial charge in [0.25, 0.3) is 0 Å². The third-order valence-corrected chi connectivity index (χ3v) is 4.81. The number of rotatable bonds is 3. The van der Waals surface area contributed by atoms with E-state index in [1.165, 1.54) is 57.6 Å². The van der Waals surface area contributed by atoms with E-state index in [0.717, 1.165) is 30.8 Å². The van der Waals surface area contributed by atoms with Crippen LogP contribution in [0.15, 0.2) is 4.99 Å². The number of hydrogen-bond donors (Lipinski definition) is 1. The van der Waals surface area contributed by atoms with E-state index in [1.807, 2.05) is 0 Å². The summed E-state index contributed by atoms with van der Waals surface area (Å²) in [7, 11) is 0. The average Bonchev–Trinajstić information content (AvgIpc) is 3.11. The Hall–Kier alpha value is 0. The summed E-state index contributed by atoms with van der Waals surface area (Å²) in [4.78, 5) is 7.38. The lowest BCUT2D eigenvalue weighted by atomic mass is 9.82. The van der Waals surface area contributed by atoms with Gasteiger partial charge in [-0.25, -0.2) is 0 Å². The molecule has 3 aliphatic rings. The lowest BCUT2D eigenvalue weighted by Gasteiger charge is -2.22. The molecule has 0 spiro atoms. The number of fused-ring (bicyclic) bond motifs is 1. The molecule has 0 aromatic rings. The number of nitrogens with one attached hydrogen (secondary N) is 1. The van der Waals surface area contributed by atoms with Crippen LogP contribution in [0.25, 0.3) is 0 Å². The van der Waals surface area contributed by atoms with Gasteiger partial charge < -0.3 is 10.2 Å². The van der Waals surface area contributed by atoms with Gasteiger partial charge in [0, 0.05) is 26.2 Å². The highest BCUT2D eigenvalue weighted by Gasteiger charge is 2.35. The Morgan fingerprint density at radius 2 is 1.74 bits per heavy atom. The van der Waals surface area contributed by atoms with Crippen LogP contribution in [-0.2, 0) is 0 Å². The normalized spacial score (nSPS) is 30.8. The van der Waals surface area contributed by atoms with Crippen LogP contribution >= 0.6 is 24.0 Å². The molecule has 3 rings (SSSR count). The van der Waals surface area contributed by atoms with E-state index >= 15 is 0 Å². The van der Waals surface area contributed by atoms with Crippen molar-refractivity contribution in [2.75, 3.05) is 26.2 Å². The van der Waals surface area contributed by atoms with Gasteiger partial charge in [-0.2, -0.15) is 0 Å². The molecule has 0 amide bonds. The molecule has 1 saturated heterocycles. The molecule has 0 radical (unpaired) electrons. The minimum absolute atomic E-state index is 0. The number of likely N-dealkylation sites (tertiary alicyclic amines) is 1. The second-order valence-corrected chi connectivity index (χ2v) is 6.35. The maximum atomic E-state index is 4.85. The van der Waals surface area contributed by atoms with E-state index < -0.39 is 0 Å². The third-order valence-electron chi connectivity index (χ3n) is 4.81. The fourth-order valence-corrected chi connectivity index (χ4v) is 3.52. The summed E-state index contributed by atoms with van der Waals surface area (Å²) >= 11 is 0. The first-order valence-corrected chi connectivity index (χ1v) is 7.90. The van der Waals surface area contributed by atoms with E-state index in [-0.39, 0.29) is 24.0 Å². The highest BCUT2D eigenvalue weighted by molar-refractivity contribution is 14.0.